The third-order valence-electron chi connectivity index (χ3n) is 4.08. The van der Waals surface area contributed by atoms with Crippen molar-refractivity contribution in [2.75, 3.05) is 7.05 Å². The van der Waals surface area contributed by atoms with Gasteiger partial charge in [0, 0.05) is 30.7 Å². The molecule has 1 heterocycles. The number of aromatic nitrogens is 1. The molecule has 0 saturated heterocycles. The maximum absolute atomic E-state index is 12.8. The van der Waals surface area contributed by atoms with Crippen LogP contribution in [0.4, 0.5) is 0 Å². The standard InChI is InChI=1S/C19H18N2O3S/c1-14(22)15-8-10-18(11-9-15)25(23,24)21(2)13-17-6-3-5-16-7-4-12-20-19(16)17/h3-12H,13H2,1-2H3. The highest BCUT2D eigenvalue weighted by atomic mass is 32.2. The minimum Gasteiger partial charge on any atom is -0.295 e. The maximum atomic E-state index is 12.8. The zero-order chi connectivity index (χ0) is 18.0. The van der Waals surface area contributed by atoms with Crippen molar-refractivity contribution in [3.05, 3.63) is 71.9 Å². The van der Waals surface area contributed by atoms with Crippen molar-refractivity contribution < 1.29 is 13.2 Å². The van der Waals surface area contributed by atoms with Crippen molar-refractivity contribution >= 4 is 26.7 Å². The van der Waals surface area contributed by atoms with Crippen LogP contribution in [-0.2, 0) is 16.6 Å². The number of hydrogen-bond acceptors (Lipinski definition) is 4. The quantitative estimate of drug-likeness (QED) is 0.660. The lowest BCUT2D eigenvalue weighted by molar-refractivity contribution is 0.101. The van der Waals surface area contributed by atoms with Gasteiger partial charge < -0.3 is 0 Å². The first-order chi connectivity index (χ1) is 11.9. The van der Waals surface area contributed by atoms with E-state index < -0.39 is 10.0 Å². The van der Waals surface area contributed by atoms with Gasteiger partial charge in [-0.2, -0.15) is 4.31 Å². The zero-order valence-corrected chi connectivity index (χ0v) is 14.8. The summed E-state index contributed by atoms with van der Waals surface area (Å²) in [4.78, 5) is 15.9. The Morgan fingerprint density at radius 3 is 2.40 bits per heavy atom. The number of nitrogens with zero attached hydrogens (tertiary/aromatic N) is 2. The van der Waals surface area contributed by atoms with Crippen molar-refractivity contribution in [1.82, 2.24) is 9.29 Å². The van der Waals surface area contributed by atoms with Crippen LogP contribution in [0.5, 0.6) is 0 Å². The average Bonchev–Trinajstić information content (AvgIpc) is 2.62. The summed E-state index contributed by atoms with van der Waals surface area (Å²) in [5, 5.41) is 0.969. The summed E-state index contributed by atoms with van der Waals surface area (Å²) in [5.41, 5.74) is 2.11. The van der Waals surface area contributed by atoms with Crippen molar-refractivity contribution in [3.8, 4) is 0 Å². The van der Waals surface area contributed by atoms with E-state index >= 15 is 0 Å². The predicted octanol–water partition coefficient (Wildman–Crippen LogP) is 3.26. The Hall–Kier alpha value is -2.57. The van der Waals surface area contributed by atoms with Crippen LogP contribution in [0.2, 0.25) is 0 Å². The average molecular weight is 354 g/mol. The first-order valence-corrected chi connectivity index (χ1v) is 9.23. The predicted molar refractivity (Wildman–Crippen MR) is 96.8 cm³/mol. The molecule has 0 radical (unpaired) electrons. The van der Waals surface area contributed by atoms with E-state index in [4.69, 9.17) is 0 Å². The summed E-state index contributed by atoms with van der Waals surface area (Å²) in [7, 11) is -2.12. The van der Waals surface area contributed by atoms with Gasteiger partial charge in [-0.25, -0.2) is 8.42 Å². The first-order valence-electron chi connectivity index (χ1n) is 7.79. The van der Waals surface area contributed by atoms with Gasteiger partial charge in [-0.1, -0.05) is 36.4 Å². The van der Waals surface area contributed by atoms with Gasteiger partial charge in [-0.05, 0) is 30.7 Å². The molecule has 0 aliphatic rings. The molecule has 0 spiro atoms. The molecular weight excluding hydrogens is 336 g/mol. The second-order valence-electron chi connectivity index (χ2n) is 5.83. The molecule has 5 nitrogen and oxygen atoms in total. The third kappa shape index (κ3) is 3.45. The minimum atomic E-state index is -3.65. The third-order valence-corrected chi connectivity index (χ3v) is 5.90. The highest BCUT2D eigenvalue weighted by molar-refractivity contribution is 7.89. The summed E-state index contributed by atoms with van der Waals surface area (Å²) in [5.74, 6) is -0.0980. The molecule has 128 valence electrons. The number of fused-ring (bicyclic) bond motifs is 1. The van der Waals surface area contributed by atoms with Crippen molar-refractivity contribution in [2.45, 2.75) is 18.4 Å². The van der Waals surface area contributed by atoms with Crippen LogP contribution in [-0.4, -0.2) is 30.5 Å². The molecule has 0 saturated carbocycles. The van der Waals surface area contributed by atoms with E-state index in [0.717, 1.165) is 16.5 Å². The molecule has 3 rings (SSSR count). The highest BCUT2D eigenvalue weighted by Crippen LogP contribution is 2.21. The van der Waals surface area contributed by atoms with Gasteiger partial charge in [0.2, 0.25) is 10.0 Å². The summed E-state index contributed by atoms with van der Waals surface area (Å²) in [6.45, 7) is 1.66. The van der Waals surface area contributed by atoms with Gasteiger partial charge >= 0.3 is 0 Å². The monoisotopic (exact) mass is 354 g/mol. The van der Waals surface area contributed by atoms with E-state index in [1.54, 1.807) is 6.20 Å². The number of carbonyl (C=O) groups excluding carboxylic acids is 1. The Morgan fingerprint density at radius 1 is 1.04 bits per heavy atom. The fourth-order valence-corrected chi connectivity index (χ4v) is 3.81. The molecule has 1 aromatic heterocycles. The Balaban J connectivity index is 1.91. The Bertz CT molecular complexity index is 1020. The number of benzene rings is 2. The summed E-state index contributed by atoms with van der Waals surface area (Å²) >= 11 is 0. The lowest BCUT2D eigenvalue weighted by Crippen LogP contribution is -2.26. The molecule has 0 N–H and O–H groups in total. The van der Waals surface area contributed by atoms with Gasteiger partial charge in [0.25, 0.3) is 0 Å². The van der Waals surface area contributed by atoms with E-state index in [2.05, 4.69) is 4.98 Å². The van der Waals surface area contributed by atoms with Crippen LogP contribution >= 0.6 is 0 Å². The topological polar surface area (TPSA) is 67.3 Å². The van der Waals surface area contributed by atoms with E-state index in [9.17, 15) is 13.2 Å². The smallest absolute Gasteiger partial charge is 0.243 e. The highest BCUT2D eigenvalue weighted by Gasteiger charge is 2.21. The number of hydrogen-bond donors (Lipinski definition) is 0. The fourth-order valence-electron chi connectivity index (χ4n) is 2.66. The molecule has 3 aromatic rings. The van der Waals surface area contributed by atoms with E-state index in [0.29, 0.717) is 5.56 Å². The SMILES string of the molecule is CC(=O)c1ccc(S(=O)(=O)N(C)Cc2cccc3cccnc23)cc1. The number of rotatable bonds is 5. The first kappa shape index (κ1) is 17.3. The number of sulfonamides is 1. The van der Waals surface area contributed by atoms with E-state index in [1.165, 1.54) is 42.5 Å². The second kappa shape index (κ2) is 6.74. The summed E-state index contributed by atoms with van der Waals surface area (Å²) in [6, 6.07) is 15.5. The molecule has 0 aliphatic heterocycles. The normalized spacial score (nSPS) is 11.8. The number of pyridine rings is 1. The van der Waals surface area contributed by atoms with Crippen molar-refractivity contribution in [3.63, 3.8) is 0 Å². The second-order valence-corrected chi connectivity index (χ2v) is 7.88. The van der Waals surface area contributed by atoms with Crippen LogP contribution in [0.25, 0.3) is 10.9 Å². The molecular formula is C19H18N2O3S. The van der Waals surface area contributed by atoms with Crippen LogP contribution in [0, 0.1) is 0 Å². The maximum Gasteiger partial charge on any atom is 0.243 e. The fraction of sp³-hybridized carbons (Fsp3) is 0.158. The van der Waals surface area contributed by atoms with Crippen LogP contribution in [0.3, 0.4) is 0 Å². The Labute approximate surface area is 147 Å². The lowest BCUT2D eigenvalue weighted by atomic mass is 10.1. The Kier molecular flexibility index (Phi) is 4.65. The van der Waals surface area contributed by atoms with Gasteiger partial charge in [-0.3, -0.25) is 9.78 Å². The minimum absolute atomic E-state index is 0.0980. The molecule has 0 amide bonds. The number of Topliss-reactive ketones (excluding diaryl/α,β-unsaturated/α-hetero) is 1. The largest absolute Gasteiger partial charge is 0.295 e. The molecule has 0 aliphatic carbocycles. The molecule has 0 atom stereocenters. The van der Waals surface area contributed by atoms with Gasteiger partial charge in [0.1, 0.15) is 0 Å². The van der Waals surface area contributed by atoms with Crippen LogP contribution in [0.15, 0.2) is 65.7 Å². The molecule has 25 heavy (non-hydrogen) atoms. The zero-order valence-electron chi connectivity index (χ0n) is 14.0. The van der Waals surface area contributed by atoms with Crippen molar-refractivity contribution in [1.29, 1.82) is 0 Å². The van der Waals surface area contributed by atoms with Crippen LogP contribution < -0.4 is 0 Å². The molecule has 2 aromatic carbocycles. The van der Waals surface area contributed by atoms with Gasteiger partial charge in [0.05, 0.1) is 10.4 Å². The molecule has 0 bridgehead atoms. The Morgan fingerprint density at radius 2 is 1.72 bits per heavy atom. The van der Waals surface area contributed by atoms with Crippen molar-refractivity contribution in [2.24, 2.45) is 0 Å². The van der Waals surface area contributed by atoms with Gasteiger partial charge in [0.15, 0.2) is 5.78 Å². The summed E-state index contributed by atoms with van der Waals surface area (Å²) in [6.07, 6.45) is 1.70. The number of carbonyl (C=O) groups is 1. The van der Waals surface area contributed by atoms with E-state index in [1.807, 2.05) is 30.3 Å². The van der Waals surface area contributed by atoms with Gasteiger partial charge in [-0.15, -0.1) is 0 Å². The van der Waals surface area contributed by atoms with E-state index in [-0.39, 0.29) is 17.2 Å². The lowest BCUT2D eigenvalue weighted by Gasteiger charge is -2.18. The van der Waals surface area contributed by atoms with Crippen LogP contribution in [0.1, 0.15) is 22.8 Å². The molecule has 0 unspecified atom stereocenters. The molecule has 6 heteroatoms. The summed E-state index contributed by atoms with van der Waals surface area (Å²) < 4.78 is 26.8. The number of para-hydroxylation sites is 1. The molecule has 0 fully saturated rings. The number of ketones is 1.